The van der Waals surface area contributed by atoms with E-state index in [9.17, 15) is 4.79 Å². The molecule has 1 fully saturated rings. The maximum absolute atomic E-state index is 11.8. The summed E-state index contributed by atoms with van der Waals surface area (Å²) in [5, 5.41) is 6.78. The lowest BCUT2D eigenvalue weighted by atomic mass is 10.2. The van der Waals surface area contributed by atoms with Crippen molar-refractivity contribution in [2.24, 2.45) is 0 Å². The number of amides is 1. The Labute approximate surface area is 155 Å². The molecule has 3 aromatic rings. The number of aromatic nitrogens is 2. The highest BCUT2D eigenvalue weighted by Crippen LogP contribution is 2.36. The first-order valence-corrected chi connectivity index (χ1v) is 9.50. The summed E-state index contributed by atoms with van der Waals surface area (Å²) < 4.78 is 5.46. The third kappa shape index (κ3) is 3.40. The van der Waals surface area contributed by atoms with Gasteiger partial charge in [0.25, 0.3) is 5.91 Å². The van der Waals surface area contributed by atoms with Gasteiger partial charge in [0.05, 0.1) is 11.4 Å². The molecule has 1 aliphatic rings. The number of rotatable bonds is 5. The van der Waals surface area contributed by atoms with Crippen LogP contribution in [-0.2, 0) is 6.54 Å². The van der Waals surface area contributed by atoms with Crippen molar-refractivity contribution in [3.63, 3.8) is 0 Å². The van der Waals surface area contributed by atoms with Gasteiger partial charge in [0.15, 0.2) is 0 Å². The summed E-state index contributed by atoms with van der Waals surface area (Å²) in [4.78, 5) is 20.7. The number of thiophene rings is 1. The molecule has 0 aliphatic carbocycles. The van der Waals surface area contributed by atoms with Crippen molar-refractivity contribution in [3.8, 4) is 11.4 Å². The molecule has 1 amide bonds. The smallest absolute Gasteiger partial charge is 0.261 e. The molecule has 0 saturated carbocycles. The summed E-state index contributed by atoms with van der Waals surface area (Å²) in [5.41, 5.74) is 0.953. The number of hydrogen-bond acceptors (Lipinski definition) is 6. The average molecular weight is 368 g/mol. The van der Waals surface area contributed by atoms with Crippen LogP contribution in [0.2, 0.25) is 0 Å². The molecule has 1 atom stereocenters. The van der Waals surface area contributed by atoms with E-state index >= 15 is 0 Å². The van der Waals surface area contributed by atoms with Crippen molar-refractivity contribution >= 4 is 17.2 Å². The molecule has 0 radical (unpaired) electrons. The predicted molar refractivity (Wildman–Crippen MR) is 99.8 cm³/mol. The van der Waals surface area contributed by atoms with E-state index in [0.717, 1.165) is 29.8 Å². The van der Waals surface area contributed by atoms with E-state index in [0.29, 0.717) is 24.3 Å². The number of hydrogen-bond donors (Lipinski definition) is 1. The Hall–Kier alpha value is -2.51. The van der Waals surface area contributed by atoms with Crippen molar-refractivity contribution in [1.82, 2.24) is 20.4 Å². The molecular formula is C19H20N4O2S. The van der Waals surface area contributed by atoms with Crippen molar-refractivity contribution in [2.45, 2.75) is 25.4 Å². The molecule has 2 aromatic heterocycles. The summed E-state index contributed by atoms with van der Waals surface area (Å²) in [5.74, 6) is 1.21. The van der Waals surface area contributed by atoms with Gasteiger partial charge in [0, 0.05) is 23.5 Å². The quantitative estimate of drug-likeness (QED) is 0.746. The minimum absolute atomic E-state index is 0.0322. The molecule has 3 heterocycles. The number of nitrogens with one attached hydrogen (secondary N) is 1. The zero-order valence-electron chi connectivity index (χ0n) is 14.5. The largest absolute Gasteiger partial charge is 0.354 e. The Morgan fingerprint density at radius 2 is 2.15 bits per heavy atom. The van der Waals surface area contributed by atoms with E-state index in [-0.39, 0.29) is 5.91 Å². The van der Waals surface area contributed by atoms with Crippen LogP contribution in [0.5, 0.6) is 0 Å². The van der Waals surface area contributed by atoms with Gasteiger partial charge in [-0.15, -0.1) is 11.3 Å². The fraction of sp³-hybridized carbons (Fsp3) is 0.316. The molecule has 7 heteroatoms. The van der Waals surface area contributed by atoms with Gasteiger partial charge in [0.1, 0.15) is 0 Å². The van der Waals surface area contributed by atoms with Gasteiger partial charge < -0.3 is 9.84 Å². The highest BCUT2D eigenvalue weighted by atomic mass is 32.1. The molecule has 0 bridgehead atoms. The summed E-state index contributed by atoms with van der Waals surface area (Å²) >= 11 is 1.56. The maximum atomic E-state index is 11.8. The van der Waals surface area contributed by atoms with Gasteiger partial charge in [-0.3, -0.25) is 9.69 Å². The fourth-order valence-corrected chi connectivity index (χ4v) is 4.44. The molecule has 1 aliphatic heterocycles. The van der Waals surface area contributed by atoms with Crippen LogP contribution >= 0.6 is 11.3 Å². The molecule has 1 saturated heterocycles. The zero-order valence-corrected chi connectivity index (χ0v) is 15.3. The summed E-state index contributed by atoms with van der Waals surface area (Å²) in [6.07, 6.45) is 2.20. The van der Waals surface area contributed by atoms with E-state index in [1.165, 1.54) is 4.88 Å². The minimum atomic E-state index is -0.0322. The number of likely N-dealkylation sites (tertiary alicyclic amines) is 1. The average Bonchev–Trinajstić information content (AvgIpc) is 3.42. The van der Waals surface area contributed by atoms with E-state index in [4.69, 9.17) is 4.52 Å². The molecule has 1 aromatic carbocycles. The molecule has 0 spiro atoms. The standard InChI is InChI=1S/C19H20N4O2S/c1-20-19(24)16-10-9-15(26-16)14-8-5-11-23(14)12-17-21-18(22-25-17)13-6-3-2-4-7-13/h2-4,6-7,9-10,14H,5,8,11-12H2,1H3,(H,20,24)/t14-/m0/s1. The number of benzene rings is 1. The van der Waals surface area contributed by atoms with Gasteiger partial charge in [-0.25, -0.2) is 0 Å². The van der Waals surface area contributed by atoms with Crippen LogP contribution in [0.1, 0.15) is 39.3 Å². The van der Waals surface area contributed by atoms with Crippen LogP contribution in [0.25, 0.3) is 11.4 Å². The van der Waals surface area contributed by atoms with E-state index in [1.807, 2.05) is 36.4 Å². The summed E-state index contributed by atoms with van der Waals surface area (Å²) in [7, 11) is 1.66. The highest BCUT2D eigenvalue weighted by molar-refractivity contribution is 7.14. The Morgan fingerprint density at radius 1 is 1.31 bits per heavy atom. The molecule has 0 unspecified atom stereocenters. The minimum Gasteiger partial charge on any atom is -0.354 e. The molecule has 1 N–H and O–H groups in total. The Morgan fingerprint density at radius 3 is 2.96 bits per heavy atom. The van der Waals surface area contributed by atoms with Gasteiger partial charge in [0.2, 0.25) is 11.7 Å². The summed E-state index contributed by atoms with van der Waals surface area (Å²) in [6, 6.07) is 14.1. The highest BCUT2D eigenvalue weighted by Gasteiger charge is 2.29. The van der Waals surface area contributed by atoms with Crippen LogP contribution in [0.3, 0.4) is 0 Å². The van der Waals surface area contributed by atoms with Crippen molar-refractivity contribution in [3.05, 3.63) is 58.1 Å². The number of nitrogens with zero attached hydrogens (tertiary/aromatic N) is 3. The third-order valence-corrected chi connectivity index (χ3v) is 5.79. The lowest BCUT2D eigenvalue weighted by molar-refractivity contribution is 0.0967. The lowest BCUT2D eigenvalue weighted by Crippen LogP contribution is -2.22. The van der Waals surface area contributed by atoms with Crippen LogP contribution < -0.4 is 5.32 Å². The fourth-order valence-electron chi connectivity index (χ4n) is 3.31. The predicted octanol–water partition coefficient (Wildman–Crippen LogP) is 3.49. The first-order chi connectivity index (χ1) is 12.7. The molecule has 4 rings (SSSR count). The maximum Gasteiger partial charge on any atom is 0.261 e. The Bertz CT molecular complexity index is 890. The van der Waals surface area contributed by atoms with E-state index in [1.54, 1.807) is 18.4 Å². The molecule has 26 heavy (non-hydrogen) atoms. The zero-order chi connectivity index (χ0) is 17.9. The lowest BCUT2D eigenvalue weighted by Gasteiger charge is -2.21. The van der Waals surface area contributed by atoms with Crippen LogP contribution in [-0.4, -0.2) is 34.5 Å². The molecule has 134 valence electrons. The first-order valence-electron chi connectivity index (χ1n) is 8.68. The van der Waals surface area contributed by atoms with E-state index in [2.05, 4.69) is 26.4 Å². The van der Waals surface area contributed by atoms with E-state index < -0.39 is 0 Å². The monoisotopic (exact) mass is 368 g/mol. The van der Waals surface area contributed by atoms with Gasteiger partial charge in [-0.2, -0.15) is 4.98 Å². The second kappa shape index (κ2) is 7.39. The second-order valence-electron chi connectivity index (χ2n) is 6.29. The third-order valence-electron chi connectivity index (χ3n) is 4.61. The van der Waals surface area contributed by atoms with Gasteiger partial charge in [-0.1, -0.05) is 35.5 Å². The second-order valence-corrected chi connectivity index (χ2v) is 7.40. The van der Waals surface area contributed by atoms with Crippen molar-refractivity contribution in [1.29, 1.82) is 0 Å². The molecular weight excluding hydrogens is 348 g/mol. The Kier molecular flexibility index (Phi) is 4.81. The summed E-state index contributed by atoms with van der Waals surface area (Å²) in [6.45, 7) is 1.61. The Balaban J connectivity index is 1.48. The molecule has 6 nitrogen and oxygen atoms in total. The number of carbonyl (C=O) groups excluding carboxylic acids is 1. The topological polar surface area (TPSA) is 71.3 Å². The van der Waals surface area contributed by atoms with Crippen molar-refractivity contribution < 1.29 is 9.32 Å². The van der Waals surface area contributed by atoms with Crippen LogP contribution in [0.15, 0.2) is 47.0 Å². The van der Waals surface area contributed by atoms with Crippen LogP contribution in [0, 0.1) is 0 Å². The van der Waals surface area contributed by atoms with Crippen LogP contribution in [0.4, 0.5) is 0 Å². The normalized spacial score (nSPS) is 17.5. The first kappa shape index (κ1) is 16.9. The number of carbonyl (C=O) groups is 1. The SMILES string of the molecule is CNC(=O)c1ccc([C@@H]2CCCN2Cc2nc(-c3ccccc3)no2)s1. The van der Waals surface area contributed by atoms with Crippen molar-refractivity contribution in [2.75, 3.05) is 13.6 Å². The van der Waals surface area contributed by atoms with Gasteiger partial charge >= 0.3 is 0 Å². The van der Waals surface area contributed by atoms with Gasteiger partial charge in [-0.05, 0) is 31.5 Å².